The standard InChI is InChI=1S/C2H3N5/c3-1-2(6-4)7-5/h2,4-5H. The zero-order valence-corrected chi connectivity index (χ0v) is 3.42. The Labute approximate surface area is 40.0 Å². The number of nitrogens with zero attached hydrogens (tertiary/aromatic N) is 3. The van der Waals surface area contributed by atoms with Gasteiger partial charge in [0.15, 0.2) is 0 Å². The Bertz CT molecular complexity index is 102. The van der Waals surface area contributed by atoms with E-state index in [0.29, 0.717) is 0 Å². The first kappa shape index (κ1) is 5.69. The summed E-state index contributed by atoms with van der Waals surface area (Å²) in [6.45, 7) is 0. The maximum absolute atomic E-state index is 7.85. The molecule has 0 bridgehead atoms. The van der Waals surface area contributed by atoms with Gasteiger partial charge >= 0.3 is 0 Å². The molecule has 0 saturated heterocycles. The molecule has 2 N–H and O–H groups in total. The topological polar surface area (TPSA) is 96.2 Å². The summed E-state index contributed by atoms with van der Waals surface area (Å²) >= 11 is 0. The zero-order valence-electron chi connectivity index (χ0n) is 3.42. The molecule has 0 radical (unpaired) electrons. The minimum atomic E-state index is -1.13. The summed E-state index contributed by atoms with van der Waals surface area (Å²) in [6.07, 6.45) is -1.13. The van der Waals surface area contributed by atoms with E-state index in [-0.39, 0.29) is 0 Å². The molecule has 0 atom stereocenters. The van der Waals surface area contributed by atoms with Crippen LogP contribution in [0.1, 0.15) is 0 Å². The van der Waals surface area contributed by atoms with Gasteiger partial charge in [0.25, 0.3) is 6.17 Å². The van der Waals surface area contributed by atoms with E-state index in [1.165, 1.54) is 6.07 Å². The first-order valence-electron chi connectivity index (χ1n) is 1.48. The van der Waals surface area contributed by atoms with Gasteiger partial charge < -0.3 is 0 Å². The van der Waals surface area contributed by atoms with E-state index in [2.05, 4.69) is 10.2 Å². The van der Waals surface area contributed by atoms with E-state index >= 15 is 0 Å². The first-order valence-corrected chi connectivity index (χ1v) is 1.48. The van der Waals surface area contributed by atoms with Gasteiger partial charge in [-0.3, -0.25) is 0 Å². The molecule has 0 unspecified atom stereocenters. The van der Waals surface area contributed by atoms with Gasteiger partial charge in [0.05, 0.1) is 0 Å². The molecular weight excluding hydrogens is 94.1 g/mol. The Morgan fingerprint density at radius 1 is 1.43 bits per heavy atom. The number of rotatable bonds is 2. The van der Waals surface area contributed by atoms with Crippen LogP contribution in [0.3, 0.4) is 0 Å². The highest BCUT2D eigenvalue weighted by molar-refractivity contribution is 4.83. The van der Waals surface area contributed by atoms with Crippen molar-refractivity contribution in [2.75, 3.05) is 0 Å². The maximum atomic E-state index is 7.85. The van der Waals surface area contributed by atoms with Gasteiger partial charge in [-0.25, -0.2) is 11.1 Å². The molecule has 0 fully saturated rings. The third-order valence-electron chi connectivity index (χ3n) is 0.360. The number of nitrogens with one attached hydrogen (secondary N) is 2. The van der Waals surface area contributed by atoms with E-state index in [1.807, 2.05) is 0 Å². The molecule has 0 saturated carbocycles. The smallest absolute Gasteiger partial charge is 0.206 e. The lowest BCUT2D eigenvalue weighted by atomic mass is 10.6. The minimum Gasteiger partial charge on any atom is -0.206 e. The van der Waals surface area contributed by atoms with Crippen molar-refractivity contribution in [1.29, 1.82) is 16.3 Å². The molecule has 0 heterocycles. The molecule has 0 aromatic heterocycles. The molecule has 0 aliphatic heterocycles. The van der Waals surface area contributed by atoms with Crippen molar-refractivity contribution in [2.24, 2.45) is 10.2 Å². The monoisotopic (exact) mass is 97.0 g/mol. The van der Waals surface area contributed by atoms with Crippen molar-refractivity contribution in [3.63, 3.8) is 0 Å². The quantitative estimate of drug-likeness (QED) is 0.491. The molecular formula is C2H3N5. The fourth-order valence-electron chi connectivity index (χ4n) is 0.0866. The van der Waals surface area contributed by atoms with Crippen molar-refractivity contribution >= 4 is 0 Å². The van der Waals surface area contributed by atoms with Crippen molar-refractivity contribution in [1.82, 2.24) is 0 Å². The van der Waals surface area contributed by atoms with Crippen molar-refractivity contribution in [3.05, 3.63) is 0 Å². The van der Waals surface area contributed by atoms with E-state index in [1.54, 1.807) is 0 Å². The molecule has 0 spiro atoms. The summed E-state index contributed by atoms with van der Waals surface area (Å²) in [6, 6.07) is 1.49. The first-order chi connectivity index (χ1) is 3.35. The molecule has 0 amide bonds. The van der Waals surface area contributed by atoms with Gasteiger partial charge in [0, 0.05) is 0 Å². The summed E-state index contributed by atoms with van der Waals surface area (Å²) in [5, 5.41) is 13.2. The molecule has 0 rings (SSSR count). The van der Waals surface area contributed by atoms with Crippen LogP contribution in [0, 0.1) is 22.4 Å². The summed E-state index contributed by atoms with van der Waals surface area (Å²) < 4.78 is 0. The second kappa shape index (κ2) is 2.90. The summed E-state index contributed by atoms with van der Waals surface area (Å²) in [5.41, 5.74) is 12.3. The van der Waals surface area contributed by atoms with Crippen LogP contribution in [0.2, 0.25) is 0 Å². The highest BCUT2D eigenvalue weighted by Gasteiger charge is 1.94. The average molecular weight is 97.1 g/mol. The fourth-order valence-corrected chi connectivity index (χ4v) is 0.0866. The number of hydrogen-bond acceptors (Lipinski definition) is 5. The van der Waals surface area contributed by atoms with Crippen LogP contribution in [0.15, 0.2) is 10.2 Å². The Morgan fingerprint density at radius 3 is 1.86 bits per heavy atom. The maximum Gasteiger partial charge on any atom is 0.264 e. The normalized spacial score (nSPS) is 11.3. The molecule has 36 valence electrons. The Morgan fingerprint density at radius 2 is 1.86 bits per heavy atom. The SMILES string of the molecule is N#CC(N=N)N=N. The molecule has 0 aliphatic rings. The second-order valence-electron chi connectivity index (χ2n) is 0.761. The molecule has 0 aromatic carbocycles. The summed E-state index contributed by atoms with van der Waals surface area (Å²) in [5.74, 6) is 0. The van der Waals surface area contributed by atoms with Crippen LogP contribution < -0.4 is 0 Å². The predicted molar refractivity (Wildman–Crippen MR) is 19.7 cm³/mol. The van der Waals surface area contributed by atoms with Crippen LogP contribution in [-0.2, 0) is 0 Å². The van der Waals surface area contributed by atoms with Gasteiger partial charge in [0.2, 0.25) is 0 Å². The molecule has 5 heteroatoms. The van der Waals surface area contributed by atoms with Crippen LogP contribution in [-0.4, -0.2) is 6.17 Å². The van der Waals surface area contributed by atoms with Crippen molar-refractivity contribution < 1.29 is 0 Å². The molecule has 0 aliphatic carbocycles. The van der Waals surface area contributed by atoms with Crippen LogP contribution in [0.5, 0.6) is 0 Å². The summed E-state index contributed by atoms with van der Waals surface area (Å²) in [4.78, 5) is 0. The largest absolute Gasteiger partial charge is 0.264 e. The highest BCUT2D eigenvalue weighted by atomic mass is 15.2. The van der Waals surface area contributed by atoms with Crippen molar-refractivity contribution in [3.8, 4) is 6.07 Å². The third-order valence-corrected chi connectivity index (χ3v) is 0.360. The Kier molecular flexibility index (Phi) is 2.36. The van der Waals surface area contributed by atoms with E-state index in [4.69, 9.17) is 16.3 Å². The van der Waals surface area contributed by atoms with Gasteiger partial charge in [-0.15, -0.1) is 0 Å². The van der Waals surface area contributed by atoms with Crippen LogP contribution in [0.25, 0.3) is 0 Å². The zero-order chi connectivity index (χ0) is 5.70. The van der Waals surface area contributed by atoms with Gasteiger partial charge in [0.1, 0.15) is 6.07 Å². The minimum absolute atomic E-state index is 1.13. The molecule has 7 heavy (non-hydrogen) atoms. The van der Waals surface area contributed by atoms with Gasteiger partial charge in [-0.05, 0) is 0 Å². The van der Waals surface area contributed by atoms with Crippen LogP contribution >= 0.6 is 0 Å². The highest BCUT2D eigenvalue weighted by Crippen LogP contribution is 1.85. The lowest BCUT2D eigenvalue weighted by molar-refractivity contribution is 0.729. The average Bonchev–Trinajstić information content (AvgIpc) is 1.72. The second-order valence-corrected chi connectivity index (χ2v) is 0.761. The third kappa shape index (κ3) is 1.54. The Hall–Kier alpha value is -1.31. The van der Waals surface area contributed by atoms with E-state index in [9.17, 15) is 0 Å². The van der Waals surface area contributed by atoms with Gasteiger partial charge in [-0.1, -0.05) is 0 Å². The Balaban J connectivity index is 3.65. The van der Waals surface area contributed by atoms with Crippen LogP contribution in [0.4, 0.5) is 0 Å². The molecule has 5 nitrogen and oxygen atoms in total. The van der Waals surface area contributed by atoms with Gasteiger partial charge in [-0.2, -0.15) is 15.5 Å². The van der Waals surface area contributed by atoms with E-state index < -0.39 is 6.17 Å². The lowest BCUT2D eigenvalue weighted by Gasteiger charge is -1.81. The summed E-state index contributed by atoms with van der Waals surface area (Å²) in [7, 11) is 0. The number of hydrogen-bond donors (Lipinski definition) is 2. The lowest BCUT2D eigenvalue weighted by Crippen LogP contribution is -1.89. The van der Waals surface area contributed by atoms with E-state index in [0.717, 1.165) is 0 Å². The molecule has 0 aromatic rings. The fraction of sp³-hybridized carbons (Fsp3) is 0.500. The number of nitriles is 1. The predicted octanol–water partition coefficient (Wildman–Crippen LogP) is 0.898. The van der Waals surface area contributed by atoms with Crippen molar-refractivity contribution in [2.45, 2.75) is 6.17 Å².